The van der Waals surface area contributed by atoms with Gasteiger partial charge in [0.15, 0.2) is 0 Å². The molecule has 1 fully saturated rings. The first-order valence-electron chi connectivity index (χ1n) is 5.02. The first kappa shape index (κ1) is 11.0. The summed E-state index contributed by atoms with van der Waals surface area (Å²) in [4.78, 5) is 23.7. The molecule has 0 bridgehead atoms. The summed E-state index contributed by atoms with van der Waals surface area (Å²) in [5.74, 6) is -0.838. The van der Waals surface area contributed by atoms with Crippen molar-refractivity contribution in [3.05, 3.63) is 0 Å². The number of rotatable bonds is 2. The number of amides is 1. The predicted octanol–water partition coefficient (Wildman–Crippen LogP) is 0.966. The van der Waals surface area contributed by atoms with E-state index in [4.69, 9.17) is 5.11 Å². The fourth-order valence-corrected chi connectivity index (χ4v) is 1.94. The molecule has 14 heavy (non-hydrogen) atoms. The highest BCUT2D eigenvalue weighted by Gasteiger charge is 2.31. The molecule has 2 atom stereocenters. The number of hydrogen-bond donors (Lipinski definition) is 1. The van der Waals surface area contributed by atoms with Crippen LogP contribution < -0.4 is 0 Å². The lowest BCUT2D eigenvalue weighted by molar-refractivity contribution is -0.146. The van der Waals surface area contributed by atoms with E-state index in [9.17, 15) is 9.59 Å². The monoisotopic (exact) mass is 199 g/mol. The second-order valence-electron chi connectivity index (χ2n) is 3.97. The predicted molar refractivity (Wildman–Crippen MR) is 51.8 cm³/mol. The molecule has 1 saturated heterocycles. The van der Waals surface area contributed by atoms with Gasteiger partial charge in [-0.05, 0) is 12.3 Å². The van der Waals surface area contributed by atoms with E-state index < -0.39 is 5.97 Å². The molecule has 0 saturated carbocycles. The van der Waals surface area contributed by atoms with Crippen LogP contribution in [0.15, 0.2) is 0 Å². The summed E-state index contributed by atoms with van der Waals surface area (Å²) in [6, 6.07) is 0. The molecular weight excluding hydrogens is 182 g/mol. The van der Waals surface area contributed by atoms with Gasteiger partial charge in [-0.2, -0.15) is 0 Å². The van der Waals surface area contributed by atoms with Crippen molar-refractivity contribution >= 4 is 11.9 Å². The van der Waals surface area contributed by atoms with Crippen molar-refractivity contribution in [3.63, 3.8) is 0 Å². The molecule has 0 radical (unpaired) electrons. The summed E-state index contributed by atoms with van der Waals surface area (Å²) in [6.07, 6.45) is 1.64. The molecule has 1 N–H and O–H groups in total. The van der Waals surface area contributed by atoms with Gasteiger partial charge in [-0.25, -0.2) is 0 Å². The molecular formula is C10H17NO3. The summed E-state index contributed by atoms with van der Waals surface area (Å²) >= 11 is 0. The highest BCUT2D eigenvalue weighted by atomic mass is 16.4. The molecule has 0 aromatic heterocycles. The number of nitrogens with zero attached hydrogens (tertiary/aromatic N) is 1. The molecule has 1 aliphatic rings. The molecule has 2 unspecified atom stereocenters. The number of carbonyl (C=O) groups is 2. The third kappa shape index (κ3) is 2.47. The molecule has 1 amide bonds. The van der Waals surface area contributed by atoms with Gasteiger partial charge in [0.05, 0.1) is 5.92 Å². The average molecular weight is 199 g/mol. The van der Waals surface area contributed by atoms with Crippen molar-refractivity contribution in [1.82, 2.24) is 4.90 Å². The van der Waals surface area contributed by atoms with Gasteiger partial charge in [-0.3, -0.25) is 9.59 Å². The maximum atomic E-state index is 11.2. The van der Waals surface area contributed by atoms with Crippen LogP contribution in [0, 0.1) is 11.8 Å². The third-order valence-corrected chi connectivity index (χ3v) is 2.91. The molecule has 0 aliphatic carbocycles. The summed E-state index contributed by atoms with van der Waals surface area (Å²) < 4.78 is 0. The van der Waals surface area contributed by atoms with Crippen molar-refractivity contribution < 1.29 is 14.7 Å². The topological polar surface area (TPSA) is 57.6 Å². The number of piperidine rings is 1. The Morgan fingerprint density at radius 2 is 2.07 bits per heavy atom. The van der Waals surface area contributed by atoms with Crippen LogP contribution in [0.4, 0.5) is 0 Å². The van der Waals surface area contributed by atoms with E-state index in [1.165, 1.54) is 6.92 Å². The Kier molecular flexibility index (Phi) is 3.49. The molecule has 1 heterocycles. The van der Waals surface area contributed by atoms with Crippen LogP contribution in [0.25, 0.3) is 0 Å². The van der Waals surface area contributed by atoms with E-state index in [1.54, 1.807) is 4.90 Å². The normalized spacial score (nSPS) is 27.4. The zero-order valence-corrected chi connectivity index (χ0v) is 8.69. The SMILES string of the molecule is CCC1CC(C(=O)O)CN(C(C)=O)C1. The van der Waals surface area contributed by atoms with Gasteiger partial charge < -0.3 is 10.0 Å². The second-order valence-corrected chi connectivity index (χ2v) is 3.97. The van der Waals surface area contributed by atoms with Crippen molar-refractivity contribution in [3.8, 4) is 0 Å². The molecule has 4 nitrogen and oxygen atoms in total. The van der Waals surface area contributed by atoms with E-state index in [0.717, 1.165) is 13.0 Å². The van der Waals surface area contributed by atoms with E-state index in [0.29, 0.717) is 18.9 Å². The number of carboxylic acids is 1. The second kappa shape index (κ2) is 4.44. The summed E-state index contributed by atoms with van der Waals surface area (Å²) in [5.41, 5.74) is 0. The Morgan fingerprint density at radius 3 is 2.50 bits per heavy atom. The minimum atomic E-state index is -0.783. The molecule has 0 aromatic rings. The van der Waals surface area contributed by atoms with Crippen molar-refractivity contribution in [1.29, 1.82) is 0 Å². The summed E-state index contributed by atoms with van der Waals surface area (Å²) in [5, 5.41) is 8.91. The zero-order chi connectivity index (χ0) is 10.7. The van der Waals surface area contributed by atoms with Gasteiger partial charge in [0.25, 0.3) is 0 Å². The number of carboxylic acid groups (broad SMARTS) is 1. The Labute approximate surface area is 83.9 Å². The van der Waals surface area contributed by atoms with Crippen molar-refractivity contribution in [2.75, 3.05) is 13.1 Å². The van der Waals surface area contributed by atoms with E-state index >= 15 is 0 Å². The van der Waals surface area contributed by atoms with E-state index in [-0.39, 0.29) is 11.8 Å². The largest absolute Gasteiger partial charge is 0.481 e. The molecule has 0 spiro atoms. The Bertz CT molecular complexity index is 218. The Balaban J connectivity index is 2.66. The van der Waals surface area contributed by atoms with Crippen molar-refractivity contribution in [2.24, 2.45) is 11.8 Å². The fraction of sp³-hybridized carbons (Fsp3) is 0.800. The minimum Gasteiger partial charge on any atom is -0.481 e. The van der Waals surface area contributed by atoms with Crippen LogP contribution in [-0.2, 0) is 9.59 Å². The average Bonchev–Trinajstić information content (AvgIpc) is 2.16. The van der Waals surface area contributed by atoms with Crippen LogP contribution in [0.5, 0.6) is 0 Å². The van der Waals surface area contributed by atoms with Gasteiger partial charge in [-0.15, -0.1) is 0 Å². The van der Waals surface area contributed by atoms with Gasteiger partial charge in [0, 0.05) is 20.0 Å². The summed E-state index contributed by atoms with van der Waals surface area (Å²) in [7, 11) is 0. The van der Waals surface area contributed by atoms with Crippen LogP contribution in [0.3, 0.4) is 0 Å². The van der Waals surface area contributed by atoms with Crippen LogP contribution in [0.2, 0.25) is 0 Å². The fourth-order valence-electron chi connectivity index (χ4n) is 1.94. The standard InChI is InChI=1S/C10H17NO3/c1-3-8-4-9(10(13)14)6-11(5-8)7(2)12/h8-9H,3-6H2,1-2H3,(H,13,14). The Morgan fingerprint density at radius 1 is 1.43 bits per heavy atom. The smallest absolute Gasteiger partial charge is 0.308 e. The van der Waals surface area contributed by atoms with Crippen LogP contribution in [-0.4, -0.2) is 35.0 Å². The third-order valence-electron chi connectivity index (χ3n) is 2.91. The lowest BCUT2D eigenvalue weighted by atomic mass is 9.87. The molecule has 1 aliphatic heterocycles. The van der Waals surface area contributed by atoms with Crippen molar-refractivity contribution in [2.45, 2.75) is 26.7 Å². The van der Waals surface area contributed by atoms with Gasteiger partial charge >= 0.3 is 5.97 Å². The Hall–Kier alpha value is -1.06. The number of likely N-dealkylation sites (tertiary alicyclic amines) is 1. The number of aliphatic carboxylic acids is 1. The van der Waals surface area contributed by atoms with Gasteiger partial charge in [0.1, 0.15) is 0 Å². The van der Waals surface area contributed by atoms with Gasteiger partial charge in [0.2, 0.25) is 5.91 Å². The highest BCUT2D eigenvalue weighted by Crippen LogP contribution is 2.24. The number of hydrogen-bond acceptors (Lipinski definition) is 2. The maximum absolute atomic E-state index is 11.2. The van der Waals surface area contributed by atoms with E-state index in [1.807, 2.05) is 6.92 Å². The zero-order valence-electron chi connectivity index (χ0n) is 8.69. The maximum Gasteiger partial charge on any atom is 0.308 e. The molecule has 0 aromatic carbocycles. The van der Waals surface area contributed by atoms with Gasteiger partial charge in [-0.1, -0.05) is 13.3 Å². The summed E-state index contributed by atoms with van der Waals surface area (Å²) in [6.45, 7) is 4.63. The van der Waals surface area contributed by atoms with Crippen LogP contribution >= 0.6 is 0 Å². The first-order chi connectivity index (χ1) is 6.54. The molecule has 80 valence electrons. The van der Waals surface area contributed by atoms with Crippen LogP contribution in [0.1, 0.15) is 26.7 Å². The minimum absolute atomic E-state index is 0.0191. The number of carbonyl (C=O) groups excluding carboxylic acids is 1. The quantitative estimate of drug-likeness (QED) is 0.720. The van der Waals surface area contributed by atoms with E-state index in [2.05, 4.69) is 0 Å². The highest BCUT2D eigenvalue weighted by molar-refractivity contribution is 5.76. The lowest BCUT2D eigenvalue weighted by Crippen LogP contribution is -2.45. The molecule has 4 heteroatoms. The lowest BCUT2D eigenvalue weighted by Gasteiger charge is -2.35. The molecule has 1 rings (SSSR count). The first-order valence-corrected chi connectivity index (χ1v) is 5.02.